The van der Waals surface area contributed by atoms with E-state index in [2.05, 4.69) is 5.32 Å². The Bertz CT molecular complexity index is 1260. The molecular formula is C24H19N3O4. The number of hydrogen-bond acceptors (Lipinski definition) is 5. The Morgan fingerprint density at radius 3 is 2.65 bits per heavy atom. The number of para-hydroxylation sites is 2. The molecule has 3 aliphatic rings. The van der Waals surface area contributed by atoms with Gasteiger partial charge in [-0.3, -0.25) is 14.5 Å². The summed E-state index contributed by atoms with van der Waals surface area (Å²) in [5.41, 5.74) is 2.24. The molecule has 7 nitrogen and oxygen atoms in total. The smallest absolute Gasteiger partial charge is 0.278 e. The molecule has 31 heavy (non-hydrogen) atoms. The monoisotopic (exact) mass is 413 g/mol. The summed E-state index contributed by atoms with van der Waals surface area (Å²) in [5, 5.41) is 3.42. The van der Waals surface area contributed by atoms with Crippen molar-refractivity contribution in [3.63, 3.8) is 0 Å². The Labute approximate surface area is 178 Å². The molecule has 0 bridgehead atoms. The van der Waals surface area contributed by atoms with Crippen molar-refractivity contribution in [1.29, 1.82) is 0 Å². The Balaban J connectivity index is 1.53. The van der Waals surface area contributed by atoms with Gasteiger partial charge in [-0.15, -0.1) is 0 Å². The lowest BCUT2D eigenvalue weighted by Gasteiger charge is -2.45. The Morgan fingerprint density at radius 1 is 0.968 bits per heavy atom. The maximum atomic E-state index is 13.7. The van der Waals surface area contributed by atoms with E-state index < -0.39 is 5.66 Å². The minimum absolute atomic E-state index is 0.178. The van der Waals surface area contributed by atoms with Gasteiger partial charge in [0.2, 0.25) is 12.5 Å². The molecule has 3 aliphatic heterocycles. The number of anilines is 2. The van der Waals surface area contributed by atoms with E-state index in [1.807, 2.05) is 60.7 Å². The Kier molecular flexibility index (Phi) is 3.59. The van der Waals surface area contributed by atoms with Gasteiger partial charge in [0.15, 0.2) is 11.5 Å². The number of ether oxygens (including phenoxy) is 2. The van der Waals surface area contributed by atoms with E-state index in [4.69, 9.17) is 9.47 Å². The SMILES string of the molecule is CN1C(=O)C2(Nc3ccccc3C(=O)N2Cc2ccc3c(c2)OCO3)c2ccccc21. The van der Waals surface area contributed by atoms with Gasteiger partial charge in [-0.2, -0.15) is 0 Å². The van der Waals surface area contributed by atoms with Crippen LogP contribution < -0.4 is 19.7 Å². The summed E-state index contributed by atoms with van der Waals surface area (Å²) in [7, 11) is 1.74. The van der Waals surface area contributed by atoms with E-state index in [9.17, 15) is 9.59 Å². The first-order valence-corrected chi connectivity index (χ1v) is 10.0. The van der Waals surface area contributed by atoms with E-state index in [0.717, 1.165) is 16.8 Å². The van der Waals surface area contributed by atoms with Gasteiger partial charge in [0.25, 0.3) is 11.8 Å². The second-order valence-electron chi connectivity index (χ2n) is 7.84. The van der Waals surface area contributed by atoms with Crippen molar-refractivity contribution in [1.82, 2.24) is 4.90 Å². The number of rotatable bonds is 2. The number of nitrogens with zero attached hydrogens (tertiary/aromatic N) is 2. The van der Waals surface area contributed by atoms with Crippen LogP contribution in [0.4, 0.5) is 11.4 Å². The lowest BCUT2D eigenvalue weighted by Crippen LogP contribution is -2.61. The predicted octanol–water partition coefficient (Wildman–Crippen LogP) is 3.31. The Morgan fingerprint density at radius 2 is 1.74 bits per heavy atom. The molecule has 0 aliphatic carbocycles. The topological polar surface area (TPSA) is 71.1 Å². The van der Waals surface area contributed by atoms with Crippen LogP contribution in [0.5, 0.6) is 11.5 Å². The van der Waals surface area contributed by atoms with Gasteiger partial charge in [0, 0.05) is 24.8 Å². The highest BCUT2D eigenvalue weighted by molar-refractivity contribution is 6.15. The molecule has 0 radical (unpaired) electrons. The van der Waals surface area contributed by atoms with Crippen LogP contribution in [0.3, 0.4) is 0 Å². The fourth-order valence-electron chi connectivity index (χ4n) is 4.67. The number of hydrogen-bond donors (Lipinski definition) is 1. The number of carbonyl (C=O) groups excluding carboxylic acids is 2. The molecule has 1 N–H and O–H groups in total. The molecule has 1 atom stereocenters. The maximum absolute atomic E-state index is 13.7. The molecule has 6 rings (SSSR count). The quantitative estimate of drug-likeness (QED) is 0.698. The third-order valence-electron chi connectivity index (χ3n) is 6.17. The summed E-state index contributed by atoms with van der Waals surface area (Å²) in [6, 6.07) is 20.5. The van der Waals surface area contributed by atoms with Gasteiger partial charge in [-0.05, 0) is 35.9 Å². The van der Waals surface area contributed by atoms with Crippen LogP contribution in [0.15, 0.2) is 66.7 Å². The van der Waals surface area contributed by atoms with Crippen LogP contribution in [0, 0.1) is 0 Å². The standard InChI is InChI=1S/C24H19N3O4/c1-26-19-9-5-3-7-17(19)24(23(26)29)25-18-8-4-2-6-16(18)22(28)27(24)13-15-10-11-20-21(12-15)31-14-30-20/h2-12,25H,13-14H2,1H3. The van der Waals surface area contributed by atoms with Crippen molar-refractivity contribution in [2.75, 3.05) is 24.1 Å². The highest BCUT2D eigenvalue weighted by Crippen LogP contribution is 2.48. The molecule has 1 unspecified atom stereocenters. The number of carbonyl (C=O) groups is 2. The van der Waals surface area contributed by atoms with E-state index in [0.29, 0.717) is 22.7 Å². The molecule has 7 heteroatoms. The number of fused-ring (bicyclic) bond motifs is 4. The minimum atomic E-state index is -1.33. The molecule has 0 saturated carbocycles. The summed E-state index contributed by atoms with van der Waals surface area (Å²) in [5.74, 6) is 0.913. The lowest BCUT2D eigenvalue weighted by atomic mass is 9.92. The highest BCUT2D eigenvalue weighted by atomic mass is 16.7. The van der Waals surface area contributed by atoms with Crippen LogP contribution in [0.25, 0.3) is 0 Å². The molecule has 3 aromatic rings. The summed E-state index contributed by atoms with van der Waals surface area (Å²) in [6.45, 7) is 0.404. The van der Waals surface area contributed by atoms with Gasteiger partial charge < -0.3 is 19.7 Å². The van der Waals surface area contributed by atoms with Crippen molar-refractivity contribution in [2.24, 2.45) is 0 Å². The van der Waals surface area contributed by atoms with Crippen LogP contribution in [0.1, 0.15) is 21.5 Å². The number of benzene rings is 3. The summed E-state index contributed by atoms with van der Waals surface area (Å²) >= 11 is 0. The maximum Gasteiger partial charge on any atom is 0.278 e. The Hall–Kier alpha value is -4.00. The van der Waals surface area contributed by atoms with Crippen LogP contribution in [0.2, 0.25) is 0 Å². The third-order valence-corrected chi connectivity index (χ3v) is 6.17. The predicted molar refractivity (Wildman–Crippen MR) is 114 cm³/mol. The summed E-state index contributed by atoms with van der Waals surface area (Å²) in [6.07, 6.45) is 0. The van der Waals surface area contributed by atoms with Gasteiger partial charge in [0.05, 0.1) is 11.3 Å². The number of likely N-dealkylation sites (N-methyl/N-ethyl adjacent to an activating group) is 1. The third kappa shape index (κ3) is 2.34. The first-order chi connectivity index (χ1) is 15.1. The molecule has 0 aromatic heterocycles. The van der Waals surface area contributed by atoms with Crippen LogP contribution in [-0.4, -0.2) is 30.6 Å². The van der Waals surface area contributed by atoms with Gasteiger partial charge in [0.1, 0.15) is 0 Å². The molecule has 3 aromatic carbocycles. The zero-order valence-corrected chi connectivity index (χ0v) is 16.8. The van der Waals surface area contributed by atoms with E-state index in [-0.39, 0.29) is 25.2 Å². The zero-order valence-electron chi connectivity index (χ0n) is 16.8. The molecule has 1 spiro atoms. The average molecular weight is 413 g/mol. The first-order valence-electron chi connectivity index (χ1n) is 10.0. The first kappa shape index (κ1) is 17.8. The minimum Gasteiger partial charge on any atom is -0.454 e. The molecule has 0 saturated heterocycles. The zero-order chi connectivity index (χ0) is 21.2. The average Bonchev–Trinajstić information content (AvgIpc) is 3.35. The van der Waals surface area contributed by atoms with Crippen LogP contribution >= 0.6 is 0 Å². The summed E-state index contributed by atoms with van der Waals surface area (Å²) < 4.78 is 10.9. The molecule has 3 heterocycles. The van der Waals surface area contributed by atoms with Gasteiger partial charge in [-0.1, -0.05) is 36.4 Å². The van der Waals surface area contributed by atoms with E-state index in [1.54, 1.807) is 22.9 Å². The number of nitrogens with one attached hydrogen (secondary N) is 1. The number of amides is 2. The van der Waals surface area contributed by atoms with Crippen LogP contribution in [-0.2, 0) is 17.0 Å². The van der Waals surface area contributed by atoms with Crippen molar-refractivity contribution < 1.29 is 19.1 Å². The van der Waals surface area contributed by atoms with E-state index in [1.165, 1.54) is 0 Å². The van der Waals surface area contributed by atoms with Gasteiger partial charge >= 0.3 is 0 Å². The van der Waals surface area contributed by atoms with Crippen molar-refractivity contribution in [3.05, 3.63) is 83.4 Å². The molecule has 2 amide bonds. The van der Waals surface area contributed by atoms with E-state index >= 15 is 0 Å². The highest BCUT2D eigenvalue weighted by Gasteiger charge is 2.58. The summed E-state index contributed by atoms with van der Waals surface area (Å²) in [4.78, 5) is 30.7. The lowest BCUT2D eigenvalue weighted by molar-refractivity contribution is -0.127. The largest absolute Gasteiger partial charge is 0.454 e. The second kappa shape index (κ2) is 6.25. The van der Waals surface area contributed by atoms with Crippen molar-refractivity contribution in [2.45, 2.75) is 12.2 Å². The second-order valence-corrected chi connectivity index (χ2v) is 7.84. The van der Waals surface area contributed by atoms with Gasteiger partial charge in [-0.25, -0.2) is 0 Å². The molecule has 154 valence electrons. The molecular weight excluding hydrogens is 394 g/mol. The van der Waals surface area contributed by atoms with Crippen molar-refractivity contribution >= 4 is 23.2 Å². The molecule has 0 fully saturated rings. The van der Waals surface area contributed by atoms with Crippen molar-refractivity contribution in [3.8, 4) is 11.5 Å². The fourth-order valence-corrected chi connectivity index (χ4v) is 4.67. The normalized spacial score (nSPS) is 20.7. The fraction of sp³-hybridized carbons (Fsp3) is 0.167.